The number of likely N-dealkylation sites (tertiary alicyclic amines) is 1. The van der Waals surface area contributed by atoms with E-state index < -0.39 is 0 Å². The number of rotatable bonds is 4. The molecule has 1 saturated carbocycles. The van der Waals surface area contributed by atoms with Crippen LogP contribution >= 0.6 is 0 Å². The molecule has 0 aromatic rings. The molecule has 1 saturated heterocycles. The molecule has 2 fully saturated rings. The molecule has 0 aromatic heterocycles. The molecule has 0 aromatic carbocycles. The van der Waals surface area contributed by atoms with Crippen LogP contribution in [0.15, 0.2) is 0 Å². The Morgan fingerprint density at radius 3 is 2.47 bits per heavy atom. The largest absolute Gasteiger partial charge is 0.384 e. The molecule has 0 spiro atoms. The van der Waals surface area contributed by atoms with Crippen molar-refractivity contribution in [2.24, 2.45) is 11.3 Å². The Labute approximate surface area is 119 Å². The molecular weight excluding hydrogens is 236 g/mol. The molecule has 1 aliphatic carbocycles. The van der Waals surface area contributed by atoms with Crippen LogP contribution in [0.5, 0.6) is 0 Å². The maximum atomic E-state index is 5.31. The minimum Gasteiger partial charge on any atom is -0.384 e. The lowest BCUT2D eigenvalue weighted by Gasteiger charge is -2.50. The molecule has 1 N–H and O–H groups in total. The van der Waals surface area contributed by atoms with E-state index in [-0.39, 0.29) is 0 Å². The van der Waals surface area contributed by atoms with Crippen LogP contribution in [0.25, 0.3) is 0 Å². The average Bonchev–Trinajstić information content (AvgIpc) is 2.39. The second-order valence-electron chi connectivity index (χ2n) is 7.15. The van der Waals surface area contributed by atoms with Gasteiger partial charge in [0.05, 0.1) is 0 Å². The van der Waals surface area contributed by atoms with Gasteiger partial charge in [-0.1, -0.05) is 20.3 Å². The maximum absolute atomic E-state index is 5.31. The van der Waals surface area contributed by atoms with Gasteiger partial charge in [0.25, 0.3) is 0 Å². The van der Waals surface area contributed by atoms with Crippen LogP contribution < -0.4 is 5.32 Å². The number of nitrogens with one attached hydrogen (secondary N) is 1. The van der Waals surface area contributed by atoms with Gasteiger partial charge in [0.15, 0.2) is 0 Å². The minimum atomic E-state index is 0.432. The van der Waals surface area contributed by atoms with E-state index in [0.29, 0.717) is 11.5 Å². The molecule has 1 aliphatic heterocycles. The van der Waals surface area contributed by atoms with Gasteiger partial charge in [-0.25, -0.2) is 0 Å². The zero-order valence-electron chi connectivity index (χ0n) is 13.2. The van der Waals surface area contributed by atoms with Crippen molar-refractivity contribution in [2.75, 3.05) is 33.9 Å². The fourth-order valence-electron chi connectivity index (χ4n) is 4.27. The first kappa shape index (κ1) is 15.3. The first-order valence-electron chi connectivity index (χ1n) is 7.98. The topological polar surface area (TPSA) is 24.5 Å². The molecule has 1 heterocycles. The highest BCUT2D eigenvalue weighted by Crippen LogP contribution is 2.38. The summed E-state index contributed by atoms with van der Waals surface area (Å²) in [4.78, 5) is 2.74. The third kappa shape index (κ3) is 3.50. The lowest BCUT2D eigenvalue weighted by atomic mass is 9.70. The van der Waals surface area contributed by atoms with Gasteiger partial charge in [-0.3, -0.25) is 4.90 Å². The predicted molar refractivity (Wildman–Crippen MR) is 80.4 cm³/mol. The van der Waals surface area contributed by atoms with Gasteiger partial charge in [-0.2, -0.15) is 0 Å². The molecule has 2 aliphatic rings. The number of hydrogen-bond donors (Lipinski definition) is 1. The molecule has 3 heteroatoms. The van der Waals surface area contributed by atoms with Crippen LogP contribution in [-0.4, -0.2) is 50.8 Å². The van der Waals surface area contributed by atoms with Gasteiger partial charge in [0.1, 0.15) is 0 Å². The van der Waals surface area contributed by atoms with Gasteiger partial charge in [-0.05, 0) is 57.2 Å². The summed E-state index contributed by atoms with van der Waals surface area (Å²) >= 11 is 0. The van der Waals surface area contributed by atoms with E-state index in [1.54, 1.807) is 0 Å². The first-order chi connectivity index (χ1) is 9.08. The second kappa shape index (κ2) is 6.55. The van der Waals surface area contributed by atoms with Crippen LogP contribution in [0.2, 0.25) is 0 Å². The molecule has 2 rings (SSSR count). The lowest BCUT2D eigenvalue weighted by Crippen LogP contribution is -2.59. The Hall–Kier alpha value is -0.120. The van der Waals surface area contributed by atoms with Crippen molar-refractivity contribution in [2.45, 2.75) is 58.0 Å². The second-order valence-corrected chi connectivity index (χ2v) is 7.15. The standard InChI is InChI=1S/C16H32N2O/c1-16(2)9-5-6-14(15(16)17-3)18-10-7-13(8-11-18)12-19-4/h13-15,17H,5-12H2,1-4H3. The number of nitrogens with zero attached hydrogens (tertiary/aromatic N) is 1. The first-order valence-corrected chi connectivity index (χ1v) is 7.98. The van der Waals surface area contributed by atoms with Crippen molar-refractivity contribution in [1.82, 2.24) is 10.2 Å². The molecular formula is C16H32N2O. The predicted octanol–water partition coefficient (Wildman–Crippen LogP) is 2.51. The Morgan fingerprint density at radius 1 is 1.21 bits per heavy atom. The third-order valence-electron chi connectivity index (χ3n) is 5.38. The Bertz CT molecular complexity index is 272. The summed E-state index contributed by atoms with van der Waals surface area (Å²) in [6, 6.07) is 1.37. The van der Waals surface area contributed by atoms with Crippen LogP contribution in [0.3, 0.4) is 0 Å². The Morgan fingerprint density at radius 2 is 1.89 bits per heavy atom. The van der Waals surface area contributed by atoms with Gasteiger partial charge >= 0.3 is 0 Å². The summed E-state index contributed by atoms with van der Waals surface area (Å²) in [5, 5.41) is 3.61. The summed E-state index contributed by atoms with van der Waals surface area (Å²) in [6.07, 6.45) is 6.72. The minimum absolute atomic E-state index is 0.432. The van der Waals surface area contributed by atoms with Crippen LogP contribution in [0, 0.1) is 11.3 Å². The number of methoxy groups -OCH3 is 1. The van der Waals surface area contributed by atoms with Gasteiger partial charge in [0, 0.05) is 25.8 Å². The molecule has 2 unspecified atom stereocenters. The van der Waals surface area contributed by atoms with Crippen molar-refractivity contribution in [1.29, 1.82) is 0 Å². The molecule has 3 nitrogen and oxygen atoms in total. The molecule has 112 valence electrons. The molecule has 2 atom stereocenters. The van der Waals surface area contributed by atoms with E-state index in [9.17, 15) is 0 Å². The normalized spacial score (nSPS) is 33.5. The van der Waals surface area contributed by atoms with Crippen molar-refractivity contribution in [3.63, 3.8) is 0 Å². The zero-order chi connectivity index (χ0) is 13.9. The van der Waals surface area contributed by atoms with Gasteiger partial charge < -0.3 is 10.1 Å². The highest BCUT2D eigenvalue weighted by atomic mass is 16.5. The smallest absolute Gasteiger partial charge is 0.0491 e. The number of likely N-dealkylation sites (N-methyl/N-ethyl adjacent to an activating group) is 1. The summed E-state index contributed by atoms with van der Waals surface area (Å²) < 4.78 is 5.31. The lowest BCUT2D eigenvalue weighted by molar-refractivity contribution is 0.0202. The van der Waals surface area contributed by atoms with Crippen molar-refractivity contribution < 1.29 is 4.74 Å². The van der Waals surface area contributed by atoms with Crippen LogP contribution in [0.1, 0.15) is 46.0 Å². The van der Waals surface area contributed by atoms with Crippen molar-refractivity contribution in [3.8, 4) is 0 Å². The quantitative estimate of drug-likeness (QED) is 0.848. The van der Waals surface area contributed by atoms with Gasteiger partial charge in [0.2, 0.25) is 0 Å². The summed E-state index contributed by atoms with van der Waals surface area (Å²) in [5.74, 6) is 0.783. The molecule has 0 bridgehead atoms. The van der Waals surface area contributed by atoms with E-state index in [1.807, 2.05) is 7.11 Å². The van der Waals surface area contributed by atoms with E-state index in [4.69, 9.17) is 4.74 Å². The van der Waals surface area contributed by atoms with Crippen molar-refractivity contribution >= 4 is 0 Å². The van der Waals surface area contributed by atoms with Crippen LogP contribution in [0.4, 0.5) is 0 Å². The summed E-state index contributed by atoms with van der Waals surface area (Å²) in [5.41, 5.74) is 0.432. The zero-order valence-corrected chi connectivity index (χ0v) is 13.2. The SMILES string of the molecule is CNC1C(N2CCC(COC)CC2)CCCC1(C)C. The number of hydrogen-bond acceptors (Lipinski definition) is 3. The number of piperidine rings is 1. The highest BCUT2D eigenvalue weighted by Gasteiger charge is 2.41. The van der Waals surface area contributed by atoms with E-state index in [0.717, 1.165) is 18.6 Å². The fourth-order valence-corrected chi connectivity index (χ4v) is 4.27. The summed E-state index contributed by atoms with van der Waals surface area (Å²) in [7, 11) is 3.97. The van der Waals surface area contributed by atoms with Crippen LogP contribution in [-0.2, 0) is 4.74 Å². The molecule has 0 radical (unpaired) electrons. The highest BCUT2D eigenvalue weighted by molar-refractivity contribution is 4.98. The third-order valence-corrected chi connectivity index (χ3v) is 5.38. The molecule has 0 amide bonds. The van der Waals surface area contributed by atoms with E-state index in [2.05, 4.69) is 31.1 Å². The maximum Gasteiger partial charge on any atom is 0.0491 e. The summed E-state index contributed by atoms with van der Waals surface area (Å²) in [6.45, 7) is 8.31. The van der Waals surface area contributed by atoms with Crippen molar-refractivity contribution in [3.05, 3.63) is 0 Å². The molecule has 19 heavy (non-hydrogen) atoms. The Balaban J connectivity index is 1.94. The Kier molecular flexibility index (Phi) is 5.27. The van der Waals surface area contributed by atoms with Gasteiger partial charge in [-0.15, -0.1) is 0 Å². The number of ether oxygens (including phenoxy) is 1. The van der Waals surface area contributed by atoms with E-state index >= 15 is 0 Å². The fraction of sp³-hybridized carbons (Fsp3) is 1.00. The monoisotopic (exact) mass is 268 g/mol. The van der Waals surface area contributed by atoms with E-state index in [1.165, 1.54) is 45.2 Å². The average molecular weight is 268 g/mol.